The highest BCUT2D eigenvalue weighted by Gasteiger charge is 2.27. The Kier molecular flexibility index (Phi) is 3.48. The first kappa shape index (κ1) is 12.3. The molecule has 98 valence electrons. The molecule has 0 aromatic heterocycles. The lowest BCUT2D eigenvalue weighted by atomic mass is 9.93. The van der Waals surface area contributed by atoms with Crippen LogP contribution in [0.15, 0.2) is 4.47 Å². The molecule has 0 atom stereocenters. The van der Waals surface area contributed by atoms with Gasteiger partial charge in [0.2, 0.25) is 0 Å². The lowest BCUT2D eigenvalue weighted by Gasteiger charge is -2.29. The van der Waals surface area contributed by atoms with Crippen LogP contribution in [0, 0.1) is 0 Å². The molecule has 4 heteroatoms. The Morgan fingerprint density at radius 3 is 2.44 bits per heavy atom. The van der Waals surface area contributed by atoms with Crippen molar-refractivity contribution >= 4 is 15.9 Å². The molecular formula is C14H18BrNO2. The number of fused-ring (bicyclic) bond motifs is 2. The van der Waals surface area contributed by atoms with Crippen molar-refractivity contribution in [2.45, 2.75) is 32.2 Å². The van der Waals surface area contributed by atoms with E-state index in [1.54, 1.807) is 0 Å². The first-order chi connectivity index (χ1) is 8.83. The second-order valence-corrected chi connectivity index (χ2v) is 5.64. The van der Waals surface area contributed by atoms with Gasteiger partial charge in [0.1, 0.15) is 11.5 Å². The van der Waals surface area contributed by atoms with Crippen LogP contribution in [-0.4, -0.2) is 20.3 Å². The van der Waals surface area contributed by atoms with Gasteiger partial charge in [0, 0.05) is 23.2 Å². The minimum absolute atomic E-state index is 0.824. The zero-order valence-corrected chi connectivity index (χ0v) is 12.2. The van der Waals surface area contributed by atoms with E-state index in [4.69, 9.17) is 9.47 Å². The lowest BCUT2D eigenvalue weighted by Crippen LogP contribution is -2.20. The molecule has 0 fully saturated rings. The fraction of sp³-hybridized carbons (Fsp3) is 0.571. The third-order valence-electron chi connectivity index (χ3n) is 3.64. The molecule has 2 heterocycles. The van der Waals surface area contributed by atoms with E-state index in [1.165, 1.54) is 16.7 Å². The summed E-state index contributed by atoms with van der Waals surface area (Å²) in [5.41, 5.74) is 3.90. The Morgan fingerprint density at radius 2 is 1.72 bits per heavy atom. The maximum absolute atomic E-state index is 5.93. The van der Waals surface area contributed by atoms with E-state index in [0.717, 1.165) is 61.4 Å². The molecule has 0 spiro atoms. The topological polar surface area (TPSA) is 30.5 Å². The highest BCUT2D eigenvalue weighted by atomic mass is 79.9. The quantitative estimate of drug-likeness (QED) is 0.911. The fourth-order valence-corrected chi connectivity index (χ4v) is 3.58. The van der Waals surface area contributed by atoms with E-state index in [1.807, 2.05) is 7.05 Å². The van der Waals surface area contributed by atoms with Gasteiger partial charge in [-0.2, -0.15) is 0 Å². The van der Waals surface area contributed by atoms with Gasteiger partial charge in [-0.15, -0.1) is 0 Å². The molecule has 3 nitrogen and oxygen atoms in total. The molecule has 18 heavy (non-hydrogen) atoms. The number of ether oxygens (including phenoxy) is 2. The van der Waals surface area contributed by atoms with E-state index in [9.17, 15) is 0 Å². The maximum atomic E-state index is 5.93. The second-order valence-electron chi connectivity index (χ2n) is 4.84. The first-order valence-electron chi connectivity index (χ1n) is 6.59. The Morgan fingerprint density at radius 1 is 1.06 bits per heavy atom. The zero-order chi connectivity index (χ0) is 12.5. The van der Waals surface area contributed by atoms with Crippen LogP contribution < -0.4 is 14.8 Å². The van der Waals surface area contributed by atoms with Crippen molar-refractivity contribution in [3.63, 3.8) is 0 Å². The normalized spacial score (nSPS) is 17.4. The van der Waals surface area contributed by atoms with Crippen molar-refractivity contribution in [3.8, 4) is 11.5 Å². The van der Waals surface area contributed by atoms with Crippen LogP contribution in [0.25, 0.3) is 0 Å². The monoisotopic (exact) mass is 311 g/mol. The van der Waals surface area contributed by atoms with Crippen LogP contribution in [0.5, 0.6) is 11.5 Å². The minimum Gasteiger partial charge on any atom is -0.493 e. The van der Waals surface area contributed by atoms with Gasteiger partial charge in [0.25, 0.3) is 0 Å². The average Bonchev–Trinajstić information content (AvgIpc) is 2.43. The highest BCUT2D eigenvalue weighted by molar-refractivity contribution is 9.10. The van der Waals surface area contributed by atoms with E-state index < -0.39 is 0 Å². The summed E-state index contributed by atoms with van der Waals surface area (Å²) in [4.78, 5) is 0. The molecule has 0 aliphatic carbocycles. The summed E-state index contributed by atoms with van der Waals surface area (Å²) in [5, 5.41) is 3.25. The third kappa shape index (κ3) is 1.91. The Balaban J connectivity index is 2.20. The molecule has 0 amide bonds. The predicted molar refractivity (Wildman–Crippen MR) is 74.5 cm³/mol. The summed E-state index contributed by atoms with van der Waals surface area (Å²) < 4.78 is 12.9. The van der Waals surface area contributed by atoms with Crippen molar-refractivity contribution in [3.05, 3.63) is 21.2 Å². The summed E-state index contributed by atoms with van der Waals surface area (Å²) in [6.07, 6.45) is 4.34. The molecule has 1 aromatic rings. The summed E-state index contributed by atoms with van der Waals surface area (Å²) >= 11 is 3.71. The molecule has 2 aliphatic rings. The van der Waals surface area contributed by atoms with Crippen LogP contribution in [0.2, 0.25) is 0 Å². The Labute approximate surface area is 116 Å². The minimum atomic E-state index is 0.824. The van der Waals surface area contributed by atoms with Gasteiger partial charge in [-0.05, 0) is 48.7 Å². The molecule has 0 unspecified atom stereocenters. The molecule has 1 N–H and O–H groups in total. The van der Waals surface area contributed by atoms with Crippen molar-refractivity contribution in [2.24, 2.45) is 0 Å². The molecule has 0 radical (unpaired) electrons. The number of halogens is 1. The summed E-state index contributed by atoms with van der Waals surface area (Å²) in [6, 6.07) is 0. The van der Waals surface area contributed by atoms with Crippen molar-refractivity contribution in [1.82, 2.24) is 5.32 Å². The number of benzene rings is 1. The summed E-state index contributed by atoms with van der Waals surface area (Å²) in [5.74, 6) is 2.14. The smallest absolute Gasteiger partial charge is 0.137 e. The van der Waals surface area contributed by atoms with Crippen LogP contribution in [0.4, 0.5) is 0 Å². The van der Waals surface area contributed by atoms with Gasteiger partial charge in [-0.3, -0.25) is 0 Å². The Bertz CT molecular complexity index is 436. The van der Waals surface area contributed by atoms with E-state index >= 15 is 0 Å². The Hall–Kier alpha value is -0.740. The fourth-order valence-electron chi connectivity index (χ4n) is 2.85. The summed E-state index contributed by atoms with van der Waals surface area (Å²) in [6.45, 7) is 2.50. The van der Waals surface area contributed by atoms with Crippen molar-refractivity contribution < 1.29 is 9.47 Å². The second kappa shape index (κ2) is 5.10. The highest BCUT2D eigenvalue weighted by Crippen LogP contribution is 2.46. The van der Waals surface area contributed by atoms with E-state index in [2.05, 4.69) is 21.2 Å². The van der Waals surface area contributed by atoms with Gasteiger partial charge in [-0.25, -0.2) is 0 Å². The number of hydrogen-bond donors (Lipinski definition) is 1. The maximum Gasteiger partial charge on any atom is 0.137 e. The number of nitrogens with one attached hydrogen (secondary N) is 1. The first-order valence-corrected chi connectivity index (χ1v) is 7.38. The third-order valence-corrected chi connectivity index (χ3v) is 4.48. The molecular weight excluding hydrogens is 294 g/mol. The largest absolute Gasteiger partial charge is 0.493 e. The van der Waals surface area contributed by atoms with Crippen LogP contribution >= 0.6 is 15.9 Å². The molecule has 2 aliphatic heterocycles. The molecule has 0 bridgehead atoms. The van der Waals surface area contributed by atoms with Crippen LogP contribution in [-0.2, 0) is 19.4 Å². The van der Waals surface area contributed by atoms with Crippen molar-refractivity contribution in [2.75, 3.05) is 20.3 Å². The van der Waals surface area contributed by atoms with Gasteiger partial charge >= 0.3 is 0 Å². The van der Waals surface area contributed by atoms with Gasteiger partial charge in [0.15, 0.2) is 0 Å². The molecule has 0 saturated carbocycles. The number of hydrogen-bond acceptors (Lipinski definition) is 3. The molecule has 1 aromatic carbocycles. The van der Waals surface area contributed by atoms with Crippen LogP contribution in [0.1, 0.15) is 29.5 Å². The molecule has 3 rings (SSSR count). The van der Waals surface area contributed by atoms with E-state index in [0.29, 0.717) is 0 Å². The standard InChI is InChI=1S/C14H18BrNO2/c1-16-8-11-9-4-2-7-18-14(9)12(15)10-5-3-6-17-13(10)11/h16H,2-8H2,1H3. The predicted octanol–water partition coefficient (Wildman–Crippen LogP) is 2.82. The SMILES string of the molecule is CNCc1c2c(c(Br)c3c1OCCC3)OCCC2. The van der Waals surface area contributed by atoms with Gasteiger partial charge < -0.3 is 14.8 Å². The van der Waals surface area contributed by atoms with E-state index in [-0.39, 0.29) is 0 Å². The zero-order valence-electron chi connectivity index (χ0n) is 10.6. The summed E-state index contributed by atoms with van der Waals surface area (Å²) in [7, 11) is 1.98. The molecule has 0 saturated heterocycles. The van der Waals surface area contributed by atoms with Gasteiger partial charge in [0.05, 0.1) is 17.7 Å². The average molecular weight is 312 g/mol. The van der Waals surface area contributed by atoms with Gasteiger partial charge in [-0.1, -0.05) is 0 Å². The lowest BCUT2D eigenvalue weighted by molar-refractivity contribution is 0.267. The van der Waals surface area contributed by atoms with Crippen molar-refractivity contribution in [1.29, 1.82) is 0 Å². The number of rotatable bonds is 2. The van der Waals surface area contributed by atoms with Crippen LogP contribution in [0.3, 0.4) is 0 Å².